The maximum Gasteiger partial charge on any atom is 0.237 e. The van der Waals surface area contributed by atoms with Gasteiger partial charge in [-0.25, -0.2) is 0 Å². The molecule has 0 radical (unpaired) electrons. The summed E-state index contributed by atoms with van der Waals surface area (Å²) in [6.45, 7) is 2.01. The summed E-state index contributed by atoms with van der Waals surface area (Å²) in [6, 6.07) is 9.86. The SMILES string of the molecule is CSCCC(N)C(=O)NC(C)Cc1ccccc1. The largest absolute Gasteiger partial charge is 0.352 e. The lowest BCUT2D eigenvalue weighted by molar-refractivity contribution is -0.122. The first-order valence-electron chi connectivity index (χ1n) is 6.22. The highest BCUT2D eigenvalue weighted by Gasteiger charge is 2.15. The topological polar surface area (TPSA) is 55.1 Å². The van der Waals surface area contributed by atoms with Crippen LogP contribution in [0.25, 0.3) is 0 Å². The van der Waals surface area contributed by atoms with Gasteiger partial charge >= 0.3 is 0 Å². The monoisotopic (exact) mass is 266 g/mol. The second kappa shape index (κ2) is 8.16. The van der Waals surface area contributed by atoms with Gasteiger partial charge in [-0.3, -0.25) is 4.79 Å². The van der Waals surface area contributed by atoms with Crippen molar-refractivity contribution >= 4 is 17.7 Å². The van der Waals surface area contributed by atoms with E-state index in [-0.39, 0.29) is 11.9 Å². The van der Waals surface area contributed by atoms with E-state index < -0.39 is 6.04 Å². The van der Waals surface area contributed by atoms with Gasteiger partial charge in [-0.1, -0.05) is 30.3 Å². The summed E-state index contributed by atoms with van der Waals surface area (Å²) in [6.07, 6.45) is 3.58. The van der Waals surface area contributed by atoms with Crippen molar-refractivity contribution in [1.29, 1.82) is 0 Å². The molecule has 0 heterocycles. The summed E-state index contributed by atoms with van der Waals surface area (Å²) >= 11 is 1.71. The molecule has 1 aromatic rings. The molecule has 3 nitrogen and oxygen atoms in total. The molecule has 0 saturated carbocycles. The molecule has 1 amide bonds. The highest BCUT2D eigenvalue weighted by molar-refractivity contribution is 7.98. The predicted molar refractivity (Wildman–Crippen MR) is 78.7 cm³/mol. The van der Waals surface area contributed by atoms with Gasteiger partial charge in [0.1, 0.15) is 0 Å². The van der Waals surface area contributed by atoms with Gasteiger partial charge in [0.05, 0.1) is 6.04 Å². The Labute approximate surface area is 114 Å². The second-order valence-electron chi connectivity index (χ2n) is 4.49. The van der Waals surface area contributed by atoms with Crippen LogP contribution in [-0.4, -0.2) is 30.0 Å². The van der Waals surface area contributed by atoms with E-state index in [2.05, 4.69) is 17.4 Å². The molecule has 1 rings (SSSR count). The maximum absolute atomic E-state index is 11.8. The molecule has 0 aliphatic heterocycles. The molecule has 0 aliphatic carbocycles. The minimum atomic E-state index is -0.393. The summed E-state index contributed by atoms with van der Waals surface area (Å²) in [5.41, 5.74) is 7.04. The Morgan fingerprint density at radius 2 is 2.06 bits per heavy atom. The van der Waals surface area contributed by atoms with Crippen molar-refractivity contribution in [2.24, 2.45) is 5.73 Å². The smallest absolute Gasteiger partial charge is 0.237 e. The van der Waals surface area contributed by atoms with E-state index in [0.29, 0.717) is 0 Å². The van der Waals surface area contributed by atoms with Crippen LogP contribution in [-0.2, 0) is 11.2 Å². The Morgan fingerprint density at radius 3 is 2.67 bits per heavy atom. The predicted octanol–water partition coefficient (Wildman–Crippen LogP) is 1.81. The summed E-state index contributed by atoms with van der Waals surface area (Å²) < 4.78 is 0. The van der Waals surface area contributed by atoms with Gasteiger partial charge in [-0.15, -0.1) is 0 Å². The number of benzene rings is 1. The average Bonchev–Trinajstić information content (AvgIpc) is 2.36. The minimum absolute atomic E-state index is 0.0486. The lowest BCUT2D eigenvalue weighted by Crippen LogP contribution is -2.45. The molecule has 3 N–H and O–H groups in total. The van der Waals surface area contributed by atoms with Gasteiger partial charge in [0.2, 0.25) is 5.91 Å². The lowest BCUT2D eigenvalue weighted by Gasteiger charge is -2.17. The van der Waals surface area contributed by atoms with E-state index in [1.54, 1.807) is 11.8 Å². The molecule has 4 heteroatoms. The van der Waals surface area contributed by atoms with Crippen LogP contribution < -0.4 is 11.1 Å². The van der Waals surface area contributed by atoms with E-state index >= 15 is 0 Å². The molecule has 0 aromatic heterocycles. The van der Waals surface area contributed by atoms with Gasteiger partial charge in [0.25, 0.3) is 0 Å². The third-order valence-corrected chi connectivity index (χ3v) is 3.39. The van der Waals surface area contributed by atoms with E-state index in [9.17, 15) is 4.79 Å². The van der Waals surface area contributed by atoms with E-state index in [1.807, 2.05) is 31.4 Å². The zero-order valence-electron chi connectivity index (χ0n) is 11.1. The highest BCUT2D eigenvalue weighted by atomic mass is 32.2. The van der Waals surface area contributed by atoms with Crippen LogP contribution in [0.15, 0.2) is 30.3 Å². The summed E-state index contributed by atoms with van der Waals surface area (Å²) in [4.78, 5) is 11.8. The first kappa shape index (κ1) is 15.1. The molecule has 0 fully saturated rings. The molecule has 2 unspecified atom stereocenters. The summed E-state index contributed by atoms with van der Waals surface area (Å²) in [5, 5.41) is 2.96. The van der Waals surface area contributed by atoms with Gasteiger partial charge in [-0.05, 0) is 37.3 Å². The number of hydrogen-bond acceptors (Lipinski definition) is 3. The van der Waals surface area contributed by atoms with Gasteiger partial charge in [0, 0.05) is 6.04 Å². The first-order valence-corrected chi connectivity index (χ1v) is 7.61. The third-order valence-electron chi connectivity index (χ3n) is 2.74. The normalized spacial score (nSPS) is 13.9. The number of hydrogen-bond donors (Lipinski definition) is 2. The Kier molecular flexibility index (Phi) is 6.83. The number of thioether (sulfide) groups is 1. The van der Waals surface area contributed by atoms with Crippen LogP contribution in [0.3, 0.4) is 0 Å². The first-order chi connectivity index (χ1) is 8.63. The zero-order valence-corrected chi connectivity index (χ0v) is 11.9. The quantitative estimate of drug-likeness (QED) is 0.791. The minimum Gasteiger partial charge on any atom is -0.352 e. The maximum atomic E-state index is 11.8. The number of nitrogens with one attached hydrogen (secondary N) is 1. The van der Waals surface area contributed by atoms with Crippen molar-refractivity contribution < 1.29 is 4.79 Å². The summed E-state index contributed by atoms with van der Waals surface area (Å²) in [7, 11) is 0. The molecule has 0 bridgehead atoms. The fourth-order valence-corrected chi connectivity index (χ4v) is 2.23. The molecule has 0 aliphatic rings. The molecule has 0 saturated heterocycles. The van der Waals surface area contributed by atoms with E-state index in [4.69, 9.17) is 5.73 Å². The van der Waals surface area contributed by atoms with Crippen molar-refractivity contribution in [3.05, 3.63) is 35.9 Å². The number of amides is 1. The lowest BCUT2D eigenvalue weighted by atomic mass is 10.1. The van der Waals surface area contributed by atoms with Crippen molar-refractivity contribution in [2.75, 3.05) is 12.0 Å². The Morgan fingerprint density at radius 1 is 1.39 bits per heavy atom. The Bertz CT molecular complexity index is 356. The number of rotatable bonds is 7. The molecule has 18 heavy (non-hydrogen) atoms. The van der Waals surface area contributed by atoms with Crippen molar-refractivity contribution in [3.63, 3.8) is 0 Å². The number of carbonyl (C=O) groups excluding carboxylic acids is 1. The van der Waals surface area contributed by atoms with Crippen molar-refractivity contribution in [2.45, 2.75) is 31.8 Å². The molecular formula is C14H22N2OS. The van der Waals surface area contributed by atoms with Crippen molar-refractivity contribution in [1.82, 2.24) is 5.32 Å². The third kappa shape index (κ3) is 5.56. The molecule has 2 atom stereocenters. The van der Waals surface area contributed by atoms with Crippen molar-refractivity contribution in [3.8, 4) is 0 Å². The van der Waals surface area contributed by atoms with E-state index in [1.165, 1.54) is 5.56 Å². The highest BCUT2D eigenvalue weighted by Crippen LogP contribution is 2.04. The van der Waals surface area contributed by atoms with Gasteiger partial charge < -0.3 is 11.1 Å². The molecule has 100 valence electrons. The Balaban J connectivity index is 2.35. The fraction of sp³-hybridized carbons (Fsp3) is 0.500. The molecular weight excluding hydrogens is 244 g/mol. The van der Waals surface area contributed by atoms with Crippen LogP contribution in [0.1, 0.15) is 18.9 Å². The van der Waals surface area contributed by atoms with E-state index in [0.717, 1.165) is 18.6 Å². The zero-order chi connectivity index (χ0) is 13.4. The standard InChI is InChI=1S/C14H22N2OS/c1-11(10-12-6-4-3-5-7-12)16-14(17)13(15)8-9-18-2/h3-7,11,13H,8-10,15H2,1-2H3,(H,16,17). The number of nitrogens with two attached hydrogens (primary N) is 1. The number of carbonyl (C=O) groups is 1. The second-order valence-corrected chi connectivity index (χ2v) is 5.47. The van der Waals surface area contributed by atoms with Gasteiger partial charge in [-0.2, -0.15) is 11.8 Å². The van der Waals surface area contributed by atoms with Crippen LogP contribution >= 0.6 is 11.8 Å². The van der Waals surface area contributed by atoms with Crippen LogP contribution in [0, 0.1) is 0 Å². The molecule has 0 spiro atoms. The van der Waals surface area contributed by atoms with Crippen LogP contribution in [0.5, 0.6) is 0 Å². The average molecular weight is 266 g/mol. The molecule has 1 aromatic carbocycles. The van der Waals surface area contributed by atoms with Crippen LogP contribution in [0.2, 0.25) is 0 Å². The summed E-state index contributed by atoms with van der Waals surface area (Å²) in [5.74, 6) is 0.870. The van der Waals surface area contributed by atoms with Crippen LogP contribution in [0.4, 0.5) is 0 Å². The Hall–Kier alpha value is -1.00. The fourth-order valence-electron chi connectivity index (χ4n) is 1.74. The van der Waals surface area contributed by atoms with Gasteiger partial charge in [0.15, 0.2) is 0 Å².